The SMILES string of the molecule is CCOC(=O)Cn1c(Cl)cc(=O)n(C)c1=O. The standard InChI is InChI=1S/C9H11ClN2O4/c1-3-16-8(14)5-12-6(10)4-7(13)11(2)9(12)15/h4H,3,5H2,1-2H3. The number of ether oxygens (including phenoxy) is 1. The van der Waals surface area contributed by atoms with Gasteiger partial charge in [-0.3, -0.25) is 18.7 Å². The number of halogens is 1. The van der Waals surface area contributed by atoms with Crippen molar-refractivity contribution in [3.63, 3.8) is 0 Å². The van der Waals surface area contributed by atoms with Gasteiger partial charge in [-0.2, -0.15) is 0 Å². The number of esters is 1. The van der Waals surface area contributed by atoms with Crippen LogP contribution in [0.2, 0.25) is 5.15 Å². The molecule has 0 saturated carbocycles. The fourth-order valence-electron chi connectivity index (χ4n) is 1.12. The Morgan fingerprint density at radius 1 is 1.50 bits per heavy atom. The molecule has 0 spiro atoms. The summed E-state index contributed by atoms with van der Waals surface area (Å²) in [6.07, 6.45) is 0. The first-order chi connectivity index (χ1) is 7.47. The van der Waals surface area contributed by atoms with E-state index in [1.165, 1.54) is 7.05 Å². The van der Waals surface area contributed by atoms with Gasteiger partial charge in [0.1, 0.15) is 11.7 Å². The van der Waals surface area contributed by atoms with Gasteiger partial charge in [0.15, 0.2) is 0 Å². The summed E-state index contributed by atoms with van der Waals surface area (Å²) in [5, 5.41) is -0.0823. The van der Waals surface area contributed by atoms with Crippen LogP contribution in [0, 0.1) is 0 Å². The molecule has 0 amide bonds. The van der Waals surface area contributed by atoms with Gasteiger partial charge in [-0.1, -0.05) is 11.6 Å². The number of hydrogen-bond donors (Lipinski definition) is 0. The van der Waals surface area contributed by atoms with Crippen molar-refractivity contribution in [1.29, 1.82) is 0 Å². The smallest absolute Gasteiger partial charge is 0.332 e. The van der Waals surface area contributed by atoms with Gasteiger partial charge >= 0.3 is 11.7 Å². The number of carbonyl (C=O) groups excluding carboxylic acids is 1. The maximum Gasteiger partial charge on any atom is 0.332 e. The van der Waals surface area contributed by atoms with Crippen LogP contribution in [0.15, 0.2) is 15.7 Å². The minimum atomic E-state index is -0.648. The number of aromatic nitrogens is 2. The van der Waals surface area contributed by atoms with Crippen LogP contribution in [0.5, 0.6) is 0 Å². The van der Waals surface area contributed by atoms with E-state index in [4.69, 9.17) is 11.6 Å². The first-order valence-electron chi connectivity index (χ1n) is 4.59. The summed E-state index contributed by atoms with van der Waals surface area (Å²) in [7, 11) is 1.31. The zero-order chi connectivity index (χ0) is 12.3. The highest BCUT2D eigenvalue weighted by Gasteiger charge is 2.11. The van der Waals surface area contributed by atoms with Gasteiger partial charge in [0.25, 0.3) is 5.56 Å². The van der Waals surface area contributed by atoms with E-state index in [9.17, 15) is 14.4 Å². The van der Waals surface area contributed by atoms with Gasteiger partial charge in [0.05, 0.1) is 6.61 Å². The zero-order valence-electron chi connectivity index (χ0n) is 8.90. The van der Waals surface area contributed by atoms with Crippen molar-refractivity contribution in [3.8, 4) is 0 Å². The van der Waals surface area contributed by atoms with Crippen molar-refractivity contribution in [2.24, 2.45) is 7.05 Å². The number of nitrogens with zero attached hydrogens (tertiary/aromatic N) is 2. The van der Waals surface area contributed by atoms with Crippen LogP contribution in [0.4, 0.5) is 0 Å². The molecule has 0 fully saturated rings. The van der Waals surface area contributed by atoms with E-state index in [1.54, 1.807) is 6.92 Å². The molecule has 1 rings (SSSR count). The lowest BCUT2D eigenvalue weighted by atomic mass is 10.5. The maximum absolute atomic E-state index is 11.6. The van der Waals surface area contributed by atoms with Gasteiger partial charge in [-0.25, -0.2) is 4.79 Å². The minimum Gasteiger partial charge on any atom is -0.465 e. The highest BCUT2D eigenvalue weighted by atomic mass is 35.5. The second-order valence-corrected chi connectivity index (χ2v) is 3.43. The van der Waals surface area contributed by atoms with Gasteiger partial charge in [-0.15, -0.1) is 0 Å². The Bertz CT molecular complexity index is 517. The van der Waals surface area contributed by atoms with Crippen LogP contribution in [-0.4, -0.2) is 21.7 Å². The summed E-state index contributed by atoms with van der Waals surface area (Å²) in [6, 6.07) is 1.07. The molecule has 0 radical (unpaired) electrons. The Labute approximate surface area is 96.0 Å². The molecular formula is C9H11ClN2O4. The number of carbonyl (C=O) groups is 1. The third-order valence-corrected chi connectivity index (χ3v) is 2.25. The molecule has 0 bridgehead atoms. The molecule has 7 heteroatoms. The molecular weight excluding hydrogens is 236 g/mol. The Morgan fingerprint density at radius 3 is 2.69 bits per heavy atom. The van der Waals surface area contributed by atoms with Crippen molar-refractivity contribution in [2.75, 3.05) is 6.61 Å². The summed E-state index contributed by atoms with van der Waals surface area (Å²) in [5.41, 5.74) is -1.17. The summed E-state index contributed by atoms with van der Waals surface area (Å²) in [5.74, 6) is -0.579. The third kappa shape index (κ3) is 2.52. The van der Waals surface area contributed by atoms with E-state index in [-0.39, 0.29) is 18.3 Å². The van der Waals surface area contributed by atoms with Gasteiger partial charge in [-0.05, 0) is 6.92 Å². The van der Waals surface area contributed by atoms with E-state index in [0.717, 1.165) is 15.2 Å². The lowest BCUT2D eigenvalue weighted by Gasteiger charge is -2.08. The van der Waals surface area contributed by atoms with Gasteiger partial charge in [0.2, 0.25) is 0 Å². The summed E-state index contributed by atoms with van der Waals surface area (Å²) in [6.45, 7) is 1.57. The molecule has 0 aliphatic carbocycles. The van der Waals surface area contributed by atoms with Crippen LogP contribution >= 0.6 is 11.6 Å². The van der Waals surface area contributed by atoms with Crippen molar-refractivity contribution >= 4 is 17.6 Å². The second kappa shape index (κ2) is 4.98. The monoisotopic (exact) mass is 246 g/mol. The lowest BCUT2D eigenvalue weighted by Crippen LogP contribution is -2.39. The summed E-state index contributed by atoms with van der Waals surface area (Å²) >= 11 is 5.69. The molecule has 0 aromatic carbocycles. The molecule has 0 atom stereocenters. The topological polar surface area (TPSA) is 70.3 Å². The Kier molecular flexibility index (Phi) is 3.89. The molecule has 88 valence electrons. The molecule has 6 nitrogen and oxygen atoms in total. The van der Waals surface area contributed by atoms with Crippen LogP contribution < -0.4 is 11.2 Å². The molecule has 1 heterocycles. The highest BCUT2D eigenvalue weighted by molar-refractivity contribution is 6.29. The van der Waals surface area contributed by atoms with Gasteiger partial charge < -0.3 is 4.74 Å². The Hall–Kier alpha value is -1.56. The third-order valence-electron chi connectivity index (χ3n) is 1.94. The predicted molar refractivity (Wildman–Crippen MR) is 57.6 cm³/mol. The summed E-state index contributed by atoms with van der Waals surface area (Å²) in [4.78, 5) is 33.9. The van der Waals surface area contributed by atoms with Crippen molar-refractivity contribution in [2.45, 2.75) is 13.5 Å². The van der Waals surface area contributed by atoms with E-state index in [1.807, 2.05) is 0 Å². The van der Waals surface area contributed by atoms with Crippen LogP contribution in [0.3, 0.4) is 0 Å². The quantitative estimate of drug-likeness (QED) is 0.545. The fraction of sp³-hybridized carbons (Fsp3) is 0.444. The summed E-state index contributed by atoms with van der Waals surface area (Å²) < 4.78 is 6.52. The molecule has 1 aromatic rings. The average Bonchev–Trinajstić information content (AvgIpc) is 2.22. The van der Waals surface area contributed by atoms with Crippen molar-refractivity contribution in [3.05, 3.63) is 32.1 Å². The largest absolute Gasteiger partial charge is 0.465 e. The molecule has 0 aliphatic heterocycles. The molecule has 16 heavy (non-hydrogen) atoms. The van der Waals surface area contributed by atoms with E-state index in [2.05, 4.69) is 4.74 Å². The van der Waals surface area contributed by atoms with Crippen molar-refractivity contribution in [1.82, 2.24) is 9.13 Å². The molecule has 0 unspecified atom stereocenters. The molecule has 1 aromatic heterocycles. The van der Waals surface area contributed by atoms with E-state index in [0.29, 0.717) is 0 Å². The average molecular weight is 247 g/mol. The normalized spacial score (nSPS) is 10.2. The number of hydrogen-bond acceptors (Lipinski definition) is 4. The van der Waals surface area contributed by atoms with E-state index >= 15 is 0 Å². The fourth-order valence-corrected chi connectivity index (χ4v) is 1.35. The van der Waals surface area contributed by atoms with Crippen LogP contribution in [-0.2, 0) is 23.1 Å². The highest BCUT2D eigenvalue weighted by Crippen LogP contribution is 2.01. The molecule has 0 saturated heterocycles. The van der Waals surface area contributed by atoms with Crippen LogP contribution in [0.1, 0.15) is 6.92 Å². The first-order valence-corrected chi connectivity index (χ1v) is 4.97. The Balaban J connectivity index is 3.15. The lowest BCUT2D eigenvalue weighted by molar-refractivity contribution is -0.143. The Morgan fingerprint density at radius 2 is 2.12 bits per heavy atom. The first kappa shape index (κ1) is 12.5. The number of rotatable bonds is 3. The molecule has 0 N–H and O–H groups in total. The minimum absolute atomic E-state index is 0.0823. The predicted octanol–water partition coefficient (Wildman–Crippen LogP) is -0.236. The second-order valence-electron chi connectivity index (χ2n) is 3.04. The van der Waals surface area contributed by atoms with Crippen LogP contribution in [0.25, 0.3) is 0 Å². The van der Waals surface area contributed by atoms with Gasteiger partial charge in [0, 0.05) is 13.1 Å². The maximum atomic E-state index is 11.6. The van der Waals surface area contributed by atoms with E-state index < -0.39 is 17.2 Å². The zero-order valence-corrected chi connectivity index (χ0v) is 9.65. The van der Waals surface area contributed by atoms with Crippen molar-refractivity contribution < 1.29 is 9.53 Å². The molecule has 0 aliphatic rings.